The van der Waals surface area contributed by atoms with E-state index in [0.717, 1.165) is 12.0 Å². The number of nitrogens with one attached hydrogen (secondary N) is 1. The lowest BCUT2D eigenvalue weighted by Gasteiger charge is -2.15. The lowest BCUT2D eigenvalue weighted by molar-refractivity contribution is -0.123. The molecule has 0 aliphatic carbocycles. The summed E-state index contributed by atoms with van der Waals surface area (Å²) in [6, 6.07) is 5.69. The first kappa shape index (κ1) is 15.5. The predicted octanol–water partition coefficient (Wildman–Crippen LogP) is 2.34. The van der Waals surface area contributed by atoms with Crippen molar-refractivity contribution in [2.45, 2.75) is 46.3 Å². The first-order valence-electron chi connectivity index (χ1n) is 6.64. The number of ether oxygens (including phenoxy) is 1. The summed E-state index contributed by atoms with van der Waals surface area (Å²) in [6.45, 7) is 7.56. The molecule has 0 aliphatic heterocycles. The number of carbonyl (C=O) groups is 1. The van der Waals surface area contributed by atoms with Gasteiger partial charge in [0.2, 0.25) is 0 Å². The molecule has 1 aromatic rings. The number of rotatable bonds is 6. The Morgan fingerprint density at radius 1 is 1.42 bits per heavy atom. The number of carbonyl (C=O) groups excluding carboxylic acids is 1. The van der Waals surface area contributed by atoms with E-state index in [1.165, 1.54) is 0 Å². The van der Waals surface area contributed by atoms with Gasteiger partial charge in [-0.05, 0) is 39.3 Å². The maximum Gasteiger partial charge on any atom is 0.258 e. The van der Waals surface area contributed by atoms with Crippen LogP contribution in [0.3, 0.4) is 0 Å². The molecule has 0 radical (unpaired) electrons. The summed E-state index contributed by atoms with van der Waals surface area (Å²) in [7, 11) is 0. The van der Waals surface area contributed by atoms with Crippen LogP contribution in [0.2, 0.25) is 0 Å². The maximum atomic E-state index is 11.6. The van der Waals surface area contributed by atoms with Gasteiger partial charge in [-0.15, -0.1) is 0 Å². The smallest absolute Gasteiger partial charge is 0.258 e. The predicted molar refractivity (Wildman–Crippen MR) is 75.2 cm³/mol. The second-order valence-corrected chi connectivity index (χ2v) is 4.88. The van der Waals surface area contributed by atoms with Crippen molar-refractivity contribution >= 4 is 5.91 Å². The monoisotopic (exact) mass is 265 g/mol. The van der Waals surface area contributed by atoms with Crippen molar-refractivity contribution in [2.24, 2.45) is 0 Å². The van der Waals surface area contributed by atoms with Crippen LogP contribution in [-0.2, 0) is 4.79 Å². The highest BCUT2D eigenvalue weighted by Gasteiger charge is 2.12. The van der Waals surface area contributed by atoms with Gasteiger partial charge in [0, 0.05) is 11.6 Å². The molecular formula is C15H23NO3. The number of aryl methyl sites for hydroxylation is 1. The van der Waals surface area contributed by atoms with E-state index in [-0.39, 0.29) is 18.6 Å². The highest BCUT2D eigenvalue weighted by molar-refractivity contribution is 5.77. The number of benzene rings is 1. The molecule has 106 valence electrons. The number of hydrogen-bond acceptors (Lipinski definition) is 3. The van der Waals surface area contributed by atoms with Crippen molar-refractivity contribution in [3.05, 3.63) is 29.3 Å². The molecule has 0 aromatic heterocycles. The SMILES string of the molecule is CCC(C)NC(=O)COc1ccc(C)cc1[C@@H](C)O. The molecule has 4 nitrogen and oxygen atoms in total. The fourth-order valence-corrected chi connectivity index (χ4v) is 1.69. The minimum absolute atomic E-state index is 0.0346. The second-order valence-electron chi connectivity index (χ2n) is 4.88. The van der Waals surface area contributed by atoms with Crippen LogP contribution in [0, 0.1) is 6.92 Å². The number of amides is 1. The summed E-state index contributed by atoms with van der Waals surface area (Å²) < 4.78 is 5.49. The highest BCUT2D eigenvalue weighted by Crippen LogP contribution is 2.26. The van der Waals surface area contributed by atoms with Crippen LogP contribution in [0.15, 0.2) is 18.2 Å². The zero-order chi connectivity index (χ0) is 14.4. The summed E-state index contributed by atoms with van der Waals surface area (Å²) in [4.78, 5) is 11.6. The van der Waals surface area contributed by atoms with E-state index < -0.39 is 6.10 Å². The molecule has 1 aromatic carbocycles. The molecule has 1 unspecified atom stereocenters. The standard InChI is InChI=1S/C15H23NO3/c1-5-11(3)16-15(18)9-19-14-7-6-10(2)8-13(14)12(4)17/h6-8,11-12,17H,5,9H2,1-4H3,(H,16,18)/t11?,12-/m1/s1. The van der Waals surface area contributed by atoms with Crippen LogP contribution < -0.4 is 10.1 Å². The molecule has 0 fully saturated rings. The normalized spacial score (nSPS) is 13.7. The van der Waals surface area contributed by atoms with Gasteiger partial charge in [0.25, 0.3) is 5.91 Å². The van der Waals surface area contributed by atoms with Gasteiger partial charge in [-0.2, -0.15) is 0 Å². The minimum atomic E-state index is -0.618. The molecule has 0 saturated carbocycles. The maximum absolute atomic E-state index is 11.6. The van der Waals surface area contributed by atoms with Gasteiger partial charge in [0.05, 0.1) is 6.10 Å². The first-order chi connectivity index (χ1) is 8.93. The Hall–Kier alpha value is -1.55. The Kier molecular flexibility index (Phi) is 5.83. The van der Waals surface area contributed by atoms with Crippen molar-refractivity contribution in [1.29, 1.82) is 0 Å². The van der Waals surface area contributed by atoms with Gasteiger partial charge in [-0.1, -0.05) is 18.6 Å². The van der Waals surface area contributed by atoms with Gasteiger partial charge in [-0.3, -0.25) is 4.79 Å². The minimum Gasteiger partial charge on any atom is -0.483 e. The average Bonchev–Trinajstić information content (AvgIpc) is 2.36. The van der Waals surface area contributed by atoms with E-state index in [1.54, 1.807) is 13.0 Å². The molecule has 2 atom stereocenters. The fraction of sp³-hybridized carbons (Fsp3) is 0.533. The molecular weight excluding hydrogens is 242 g/mol. The third-order valence-corrected chi connectivity index (χ3v) is 2.99. The number of hydrogen-bond donors (Lipinski definition) is 2. The molecule has 0 bridgehead atoms. The van der Waals surface area contributed by atoms with Crippen LogP contribution in [0.5, 0.6) is 5.75 Å². The molecule has 0 heterocycles. The third kappa shape index (κ3) is 4.91. The molecule has 4 heteroatoms. The van der Waals surface area contributed by atoms with Crippen LogP contribution in [-0.4, -0.2) is 23.7 Å². The van der Waals surface area contributed by atoms with E-state index in [0.29, 0.717) is 11.3 Å². The van der Waals surface area contributed by atoms with E-state index in [1.807, 2.05) is 32.9 Å². The van der Waals surface area contributed by atoms with Crippen molar-refractivity contribution in [2.75, 3.05) is 6.61 Å². The Bertz CT molecular complexity index is 429. The largest absolute Gasteiger partial charge is 0.483 e. The molecule has 2 N–H and O–H groups in total. The lowest BCUT2D eigenvalue weighted by Crippen LogP contribution is -2.35. The molecule has 0 aliphatic rings. The second kappa shape index (κ2) is 7.14. The zero-order valence-corrected chi connectivity index (χ0v) is 12.1. The van der Waals surface area contributed by atoms with Gasteiger partial charge >= 0.3 is 0 Å². The van der Waals surface area contributed by atoms with Crippen molar-refractivity contribution in [1.82, 2.24) is 5.32 Å². The van der Waals surface area contributed by atoms with Gasteiger partial charge in [0.15, 0.2) is 6.61 Å². The summed E-state index contributed by atoms with van der Waals surface area (Å²) in [5.74, 6) is 0.409. The van der Waals surface area contributed by atoms with Crippen molar-refractivity contribution in [3.8, 4) is 5.75 Å². The molecule has 19 heavy (non-hydrogen) atoms. The van der Waals surface area contributed by atoms with Crippen molar-refractivity contribution in [3.63, 3.8) is 0 Å². The molecule has 1 amide bonds. The summed E-state index contributed by atoms with van der Waals surface area (Å²) in [5.41, 5.74) is 1.75. The summed E-state index contributed by atoms with van der Waals surface area (Å²) in [5, 5.41) is 12.5. The van der Waals surface area contributed by atoms with E-state index in [2.05, 4.69) is 5.32 Å². The van der Waals surface area contributed by atoms with Gasteiger partial charge < -0.3 is 15.2 Å². The first-order valence-corrected chi connectivity index (χ1v) is 6.64. The van der Waals surface area contributed by atoms with Crippen LogP contribution >= 0.6 is 0 Å². The molecule has 1 rings (SSSR count). The van der Waals surface area contributed by atoms with Crippen LogP contribution in [0.25, 0.3) is 0 Å². The Morgan fingerprint density at radius 3 is 2.68 bits per heavy atom. The lowest BCUT2D eigenvalue weighted by atomic mass is 10.1. The Morgan fingerprint density at radius 2 is 2.11 bits per heavy atom. The Balaban J connectivity index is 2.65. The van der Waals surface area contributed by atoms with Gasteiger partial charge in [-0.25, -0.2) is 0 Å². The van der Waals surface area contributed by atoms with E-state index in [9.17, 15) is 9.90 Å². The van der Waals surface area contributed by atoms with Crippen LogP contribution in [0.1, 0.15) is 44.4 Å². The average molecular weight is 265 g/mol. The highest BCUT2D eigenvalue weighted by atomic mass is 16.5. The summed E-state index contributed by atoms with van der Waals surface area (Å²) in [6.07, 6.45) is 0.266. The Labute approximate surface area is 114 Å². The topological polar surface area (TPSA) is 58.6 Å². The van der Waals surface area contributed by atoms with Gasteiger partial charge in [0.1, 0.15) is 5.75 Å². The van der Waals surface area contributed by atoms with Crippen LogP contribution in [0.4, 0.5) is 0 Å². The quantitative estimate of drug-likeness (QED) is 0.830. The third-order valence-electron chi connectivity index (χ3n) is 2.99. The zero-order valence-electron chi connectivity index (χ0n) is 12.1. The van der Waals surface area contributed by atoms with E-state index in [4.69, 9.17) is 4.74 Å². The summed E-state index contributed by atoms with van der Waals surface area (Å²) >= 11 is 0. The van der Waals surface area contributed by atoms with E-state index >= 15 is 0 Å². The molecule has 0 saturated heterocycles. The molecule has 0 spiro atoms. The number of aliphatic hydroxyl groups is 1. The fourth-order valence-electron chi connectivity index (χ4n) is 1.69. The van der Waals surface area contributed by atoms with Crippen molar-refractivity contribution < 1.29 is 14.6 Å². The number of aliphatic hydroxyl groups excluding tert-OH is 1.